The van der Waals surface area contributed by atoms with Gasteiger partial charge in [0.2, 0.25) is 0 Å². The molecule has 0 N–H and O–H groups in total. The minimum atomic E-state index is -0.513. The van der Waals surface area contributed by atoms with E-state index in [4.69, 9.17) is 28.4 Å². The molecular formula is C14H26O8. The first-order chi connectivity index (χ1) is 10.7. The van der Waals surface area contributed by atoms with E-state index < -0.39 is 11.9 Å². The molecule has 0 aromatic carbocycles. The predicted octanol–water partition coefficient (Wildman–Crippen LogP) is 0.179. The Bertz CT molecular complexity index is 254. The van der Waals surface area contributed by atoms with Gasteiger partial charge in [0.15, 0.2) is 0 Å². The maximum absolute atomic E-state index is 11.2. The summed E-state index contributed by atoms with van der Waals surface area (Å²) in [6, 6.07) is 0. The fourth-order valence-electron chi connectivity index (χ4n) is 1.23. The molecule has 130 valence electrons. The molecule has 0 rings (SSSR count). The van der Waals surface area contributed by atoms with Gasteiger partial charge in [-0.1, -0.05) is 0 Å². The van der Waals surface area contributed by atoms with Crippen LogP contribution < -0.4 is 0 Å². The molecule has 8 heteroatoms. The molecule has 0 aromatic rings. The van der Waals surface area contributed by atoms with Gasteiger partial charge < -0.3 is 28.4 Å². The smallest absolute Gasteiger partial charge is 0.332 e. The minimum absolute atomic E-state index is 0.0155. The summed E-state index contributed by atoms with van der Waals surface area (Å²) in [7, 11) is 0. The molecule has 0 unspecified atom stereocenters. The minimum Gasteiger partial charge on any atom is -0.460 e. The Balaban J connectivity index is 3.32. The maximum atomic E-state index is 11.2. The lowest BCUT2D eigenvalue weighted by Gasteiger charge is -2.07. The maximum Gasteiger partial charge on any atom is 0.332 e. The van der Waals surface area contributed by atoms with Gasteiger partial charge in [-0.15, -0.1) is 0 Å². The monoisotopic (exact) mass is 322 g/mol. The Kier molecular flexibility index (Phi) is 15.3. The van der Waals surface area contributed by atoms with E-state index in [0.29, 0.717) is 39.6 Å². The first-order valence-corrected chi connectivity index (χ1v) is 7.32. The zero-order valence-electron chi connectivity index (χ0n) is 13.3. The summed E-state index contributed by atoms with van der Waals surface area (Å²) in [5.74, 6) is -1.03. The van der Waals surface area contributed by atoms with Gasteiger partial charge in [0.1, 0.15) is 26.4 Å². The highest BCUT2D eigenvalue weighted by Crippen LogP contribution is 1.87. The van der Waals surface area contributed by atoms with Crippen LogP contribution in [0.5, 0.6) is 0 Å². The lowest BCUT2D eigenvalue weighted by atomic mass is 10.6. The molecule has 0 saturated carbocycles. The zero-order valence-corrected chi connectivity index (χ0v) is 13.3. The molecule has 0 atom stereocenters. The Morgan fingerprint density at radius 1 is 0.591 bits per heavy atom. The van der Waals surface area contributed by atoms with Gasteiger partial charge in [0.25, 0.3) is 0 Å². The van der Waals surface area contributed by atoms with Crippen LogP contribution in [-0.4, -0.2) is 78.0 Å². The van der Waals surface area contributed by atoms with E-state index in [1.807, 2.05) is 13.8 Å². The van der Waals surface area contributed by atoms with Crippen LogP contribution in [0.2, 0.25) is 0 Å². The number of carbonyl (C=O) groups excluding carboxylic acids is 2. The Morgan fingerprint density at radius 3 is 1.32 bits per heavy atom. The Morgan fingerprint density at radius 2 is 0.955 bits per heavy atom. The number of hydrogen-bond donors (Lipinski definition) is 0. The molecule has 0 aliphatic rings. The van der Waals surface area contributed by atoms with Crippen molar-refractivity contribution in [2.75, 3.05) is 66.1 Å². The second-order valence-electron chi connectivity index (χ2n) is 3.94. The molecule has 0 aliphatic heterocycles. The average Bonchev–Trinajstić information content (AvgIpc) is 2.51. The van der Waals surface area contributed by atoms with Crippen molar-refractivity contribution in [3.8, 4) is 0 Å². The van der Waals surface area contributed by atoms with Crippen LogP contribution in [0.1, 0.15) is 13.8 Å². The molecule has 8 nitrogen and oxygen atoms in total. The molecule has 0 heterocycles. The molecule has 0 aliphatic carbocycles. The van der Waals surface area contributed by atoms with Crippen molar-refractivity contribution in [1.29, 1.82) is 0 Å². The van der Waals surface area contributed by atoms with E-state index in [9.17, 15) is 9.59 Å². The number of carbonyl (C=O) groups is 2. The summed E-state index contributed by atoms with van der Waals surface area (Å²) in [5, 5.41) is 0. The van der Waals surface area contributed by atoms with E-state index in [1.165, 1.54) is 0 Å². The average molecular weight is 322 g/mol. The van der Waals surface area contributed by atoms with Gasteiger partial charge >= 0.3 is 11.9 Å². The lowest BCUT2D eigenvalue weighted by molar-refractivity contribution is -0.158. The molecule has 0 saturated heterocycles. The molecule has 0 aromatic heterocycles. The van der Waals surface area contributed by atoms with Gasteiger partial charge in [-0.05, 0) is 13.8 Å². The van der Waals surface area contributed by atoms with Gasteiger partial charge in [0, 0.05) is 13.2 Å². The standard InChI is InChI=1S/C14H26O8/c1-3-17-5-7-19-11-13(15)21-9-10-22-14(16)12-20-8-6-18-4-2/h3-12H2,1-2H3. The quantitative estimate of drug-likeness (QED) is 0.311. The molecule has 0 spiro atoms. The predicted molar refractivity (Wildman–Crippen MR) is 76.5 cm³/mol. The third-order valence-corrected chi connectivity index (χ3v) is 2.20. The number of esters is 2. The molecule has 0 amide bonds. The van der Waals surface area contributed by atoms with Crippen LogP contribution in [0, 0.1) is 0 Å². The number of rotatable bonds is 15. The van der Waals surface area contributed by atoms with E-state index in [2.05, 4.69) is 0 Å². The summed E-state index contributed by atoms with van der Waals surface area (Å²) in [5.41, 5.74) is 0. The van der Waals surface area contributed by atoms with Crippen LogP contribution in [0.15, 0.2) is 0 Å². The first kappa shape index (κ1) is 20.8. The molecule has 0 bridgehead atoms. The SMILES string of the molecule is CCOCCOCC(=O)OCCOC(=O)COCCOCC. The van der Waals surface area contributed by atoms with Crippen molar-refractivity contribution in [3.05, 3.63) is 0 Å². The van der Waals surface area contributed by atoms with Crippen LogP contribution in [0.25, 0.3) is 0 Å². The van der Waals surface area contributed by atoms with E-state index in [0.717, 1.165) is 0 Å². The second-order valence-corrected chi connectivity index (χ2v) is 3.94. The highest BCUT2D eigenvalue weighted by atomic mass is 16.6. The Hall–Kier alpha value is -1.22. The Labute approximate surface area is 130 Å². The van der Waals surface area contributed by atoms with Crippen molar-refractivity contribution in [2.24, 2.45) is 0 Å². The molecule has 22 heavy (non-hydrogen) atoms. The molecule has 0 radical (unpaired) electrons. The van der Waals surface area contributed by atoms with Crippen LogP contribution >= 0.6 is 0 Å². The highest BCUT2D eigenvalue weighted by molar-refractivity contribution is 5.71. The normalized spacial score (nSPS) is 10.5. The van der Waals surface area contributed by atoms with E-state index >= 15 is 0 Å². The van der Waals surface area contributed by atoms with Crippen molar-refractivity contribution in [3.63, 3.8) is 0 Å². The van der Waals surface area contributed by atoms with Crippen molar-refractivity contribution < 1.29 is 38.0 Å². The summed E-state index contributed by atoms with van der Waals surface area (Å²) in [4.78, 5) is 22.5. The van der Waals surface area contributed by atoms with Crippen LogP contribution in [0.3, 0.4) is 0 Å². The molecular weight excluding hydrogens is 296 g/mol. The van der Waals surface area contributed by atoms with Gasteiger partial charge in [-0.3, -0.25) is 0 Å². The number of hydrogen-bond acceptors (Lipinski definition) is 8. The largest absolute Gasteiger partial charge is 0.460 e. The second kappa shape index (κ2) is 16.2. The number of ether oxygens (including phenoxy) is 6. The lowest BCUT2D eigenvalue weighted by Crippen LogP contribution is -2.20. The van der Waals surface area contributed by atoms with Crippen molar-refractivity contribution in [2.45, 2.75) is 13.8 Å². The zero-order chi connectivity index (χ0) is 16.5. The first-order valence-electron chi connectivity index (χ1n) is 7.32. The van der Waals surface area contributed by atoms with E-state index in [1.54, 1.807) is 0 Å². The highest BCUT2D eigenvalue weighted by Gasteiger charge is 2.05. The fourth-order valence-corrected chi connectivity index (χ4v) is 1.23. The summed E-state index contributed by atoms with van der Waals surface area (Å²) < 4.78 is 29.8. The van der Waals surface area contributed by atoms with Crippen molar-refractivity contribution >= 4 is 11.9 Å². The summed E-state index contributed by atoms with van der Waals surface area (Å²) >= 11 is 0. The summed E-state index contributed by atoms with van der Waals surface area (Å²) in [6.45, 7) is 6.16. The van der Waals surface area contributed by atoms with E-state index in [-0.39, 0.29) is 26.4 Å². The third kappa shape index (κ3) is 15.2. The van der Waals surface area contributed by atoms with Gasteiger partial charge in [0.05, 0.1) is 26.4 Å². The van der Waals surface area contributed by atoms with Crippen molar-refractivity contribution in [1.82, 2.24) is 0 Å². The van der Waals surface area contributed by atoms with Crippen LogP contribution in [0.4, 0.5) is 0 Å². The van der Waals surface area contributed by atoms with Gasteiger partial charge in [-0.25, -0.2) is 9.59 Å². The fraction of sp³-hybridized carbons (Fsp3) is 0.857. The topological polar surface area (TPSA) is 89.5 Å². The molecule has 0 fully saturated rings. The third-order valence-electron chi connectivity index (χ3n) is 2.20. The summed E-state index contributed by atoms with van der Waals surface area (Å²) in [6.07, 6.45) is 0. The van der Waals surface area contributed by atoms with Crippen LogP contribution in [-0.2, 0) is 38.0 Å². The van der Waals surface area contributed by atoms with Gasteiger partial charge in [-0.2, -0.15) is 0 Å².